The van der Waals surface area contributed by atoms with Crippen LogP contribution in [-0.4, -0.2) is 21.6 Å². The number of rotatable bonds is 3. The van der Waals surface area contributed by atoms with E-state index in [0.29, 0.717) is 23.8 Å². The fourth-order valence-corrected chi connectivity index (χ4v) is 2.90. The summed E-state index contributed by atoms with van der Waals surface area (Å²) in [4.78, 5) is 35.6. The smallest absolute Gasteiger partial charge is 0.331 e. The van der Waals surface area contributed by atoms with Crippen LogP contribution in [0.2, 0.25) is 5.02 Å². The highest BCUT2D eigenvalue weighted by Crippen LogP contribution is 2.37. The lowest BCUT2D eigenvalue weighted by Gasteiger charge is -2.27. The molecule has 1 N–H and O–H groups in total. The molecule has 1 aromatic carbocycles. The average Bonchev–Trinajstić information content (AvgIpc) is 2.56. The van der Waals surface area contributed by atoms with Gasteiger partial charge in [-0.15, -0.1) is 0 Å². The Balaban J connectivity index is 1.78. The number of carbonyl (C=O) groups excluding carboxylic acids is 1. The van der Waals surface area contributed by atoms with E-state index in [1.165, 1.54) is 23.9 Å². The van der Waals surface area contributed by atoms with Crippen LogP contribution in [0.25, 0.3) is 0 Å². The monoisotopic (exact) mass is 349 g/mol. The van der Waals surface area contributed by atoms with Crippen molar-refractivity contribution in [3.63, 3.8) is 0 Å². The normalized spacial score (nSPS) is 16.2. The molecule has 7 nitrogen and oxygen atoms in total. The highest BCUT2D eigenvalue weighted by Gasteiger charge is 2.24. The SMILES string of the molecule is Cn1c(=O)ccn(CC(=O)N[C@@H]2CCOc3c(Cl)cccc32)c1=O. The lowest BCUT2D eigenvalue weighted by Crippen LogP contribution is -2.41. The van der Waals surface area contributed by atoms with Crippen molar-refractivity contribution in [3.8, 4) is 5.75 Å². The average molecular weight is 350 g/mol. The van der Waals surface area contributed by atoms with Gasteiger partial charge in [-0.05, 0) is 6.07 Å². The van der Waals surface area contributed by atoms with Gasteiger partial charge < -0.3 is 10.1 Å². The molecule has 1 aliphatic heterocycles. The molecule has 0 spiro atoms. The quantitative estimate of drug-likeness (QED) is 0.890. The number of ether oxygens (including phenoxy) is 1. The Labute approximate surface area is 142 Å². The van der Waals surface area contributed by atoms with Crippen LogP contribution in [0.4, 0.5) is 0 Å². The molecule has 126 valence electrons. The second kappa shape index (κ2) is 6.52. The van der Waals surface area contributed by atoms with Crippen molar-refractivity contribution < 1.29 is 9.53 Å². The maximum absolute atomic E-state index is 12.3. The van der Waals surface area contributed by atoms with Crippen LogP contribution in [0.3, 0.4) is 0 Å². The molecular formula is C16H16ClN3O4. The van der Waals surface area contributed by atoms with Gasteiger partial charge in [-0.3, -0.25) is 18.7 Å². The van der Waals surface area contributed by atoms with Crippen molar-refractivity contribution in [2.75, 3.05) is 6.61 Å². The van der Waals surface area contributed by atoms with Crippen molar-refractivity contribution in [2.45, 2.75) is 19.0 Å². The first-order valence-electron chi connectivity index (χ1n) is 7.44. The first-order chi connectivity index (χ1) is 11.5. The molecule has 1 amide bonds. The number of halogens is 1. The number of nitrogens with zero attached hydrogens (tertiary/aromatic N) is 2. The Morgan fingerprint density at radius 2 is 2.17 bits per heavy atom. The van der Waals surface area contributed by atoms with Crippen molar-refractivity contribution in [1.82, 2.24) is 14.5 Å². The van der Waals surface area contributed by atoms with Gasteiger partial charge in [0.15, 0.2) is 0 Å². The van der Waals surface area contributed by atoms with E-state index in [4.69, 9.17) is 16.3 Å². The Hall–Kier alpha value is -2.54. The van der Waals surface area contributed by atoms with Gasteiger partial charge in [0.25, 0.3) is 5.56 Å². The fourth-order valence-electron chi connectivity index (χ4n) is 2.67. The van der Waals surface area contributed by atoms with E-state index in [1.807, 2.05) is 6.07 Å². The molecule has 0 radical (unpaired) electrons. The van der Waals surface area contributed by atoms with Crippen molar-refractivity contribution in [2.24, 2.45) is 7.05 Å². The molecule has 1 aromatic heterocycles. The van der Waals surface area contributed by atoms with Crippen LogP contribution in [0, 0.1) is 0 Å². The minimum absolute atomic E-state index is 0.166. The van der Waals surface area contributed by atoms with E-state index in [0.717, 1.165) is 10.1 Å². The van der Waals surface area contributed by atoms with E-state index >= 15 is 0 Å². The molecule has 3 rings (SSSR count). The van der Waals surface area contributed by atoms with E-state index in [-0.39, 0.29) is 18.5 Å². The third kappa shape index (κ3) is 3.07. The van der Waals surface area contributed by atoms with E-state index in [2.05, 4.69) is 5.32 Å². The molecule has 0 unspecified atom stereocenters. The highest BCUT2D eigenvalue weighted by molar-refractivity contribution is 6.32. The van der Waals surface area contributed by atoms with Crippen LogP contribution >= 0.6 is 11.6 Å². The Kier molecular flexibility index (Phi) is 4.44. The maximum atomic E-state index is 12.3. The summed E-state index contributed by atoms with van der Waals surface area (Å²) >= 11 is 6.11. The zero-order valence-corrected chi connectivity index (χ0v) is 13.7. The fraction of sp³-hybridized carbons (Fsp3) is 0.312. The Morgan fingerprint density at radius 3 is 2.96 bits per heavy atom. The molecular weight excluding hydrogens is 334 g/mol. The lowest BCUT2D eigenvalue weighted by atomic mass is 10.0. The van der Waals surface area contributed by atoms with Crippen molar-refractivity contribution in [1.29, 1.82) is 0 Å². The van der Waals surface area contributed by atoms with Crippen molar-refractivity contribution in [3.05, 3.63) is 61.9 Å². The predicted molar refractivity (Wildman–Crippen MR) is 88.4 cm³/mol. The molecule has 0 aliphatic carbocycles. The Bertz CT molecular complexity index is 903. The topological polar surface area (TPSA) is 82.3 Å². The number of benzene rings is 1. The largest absolute Gasteiger partial charge is 0.492 e. The summed E-state index contributed by atoms with van der Waals surface area (Å²) in [5.41, 5.74) is -0.132. The molecule has 1 aliphatic rings. The number of para-hydroxylation sites is 1. The van der Waals surface area contributed by atoms with Gasteiger partial charge in [-0.1, -0.05) is 23.7 Å². The number of nitrogens with one attached hydrogen (secondary N) is 1. The van der Waals surface area contributed by atoms with Crippen LogP contribution in [0.5, 0.6) is 5.75 Å². The Morgan fingerprint density at radius 1 is 1.38 bits per heavy atom. The molecule has 24 heavy (non-hydrogen) atoms. The predicted octanol–water partition coefficient (Wildman–Crippen LogP) is 0.840. The maximum Gasteiger partial charge on any atom is 0.331 e. The van der Waals surface area contributed by atoms with E-state index in [1.54, 1.807) is 12.1 Å². The first kappa shape index (κ1) is 16.3. The van der Waals surface area contributed by atoms with Crippen LogP contribution in [0.15, 0.2) is 40.1 Å². The number of hydrogen-bond donors (Lipinski definition) is 1. The number of aromatic nitrogens is 2. The molecule has 0 saturated carbocycles. The summed E-state index contributed by atoms with van der Waals surface area (Å²) in [5.74, 6) is 0.253. The third-order valence-electron chi connectivity index (χ3n) is 3.94. The number of hydrogen-bond acceptors (Lipinski definition) is 4. The standard InChI is InChI=1S/C16H16ClN3O4/c1-19-14(22)5-7-20(16(19)23)9-13(21)18-12-6-8-24-15-10(12)3-2-4-11(15)17/h2-5,7,12H,6,8-9H2,1H3,(H,18,21)/t12-/m1/s1. The van der Waals surface area contributed by atoms with E-state index in [9.17, 15) is 14.4 Å². The molecule has 8 heteroatoms. The summed E-state index contributed by atoms with van der Waals surface area (Å²) in [7, 11) is 1.37. The number of fused-ring (bicyclic) bond motifs is 1. The summed E-state index contributed by atoms with van der Waals surface area (Å²) in [6, 6.07) is 6.39. The molecule has 0 bridgehead atoms. The summed E-state index contributed by atoms with van der Waals surface area (Å²) in [6.07, 6.45) is 1.93. The van der Waals surface area contributed by atoms with E-state index < -0.39 is 11.2 Å². The third-order valence-corrected chi connectivity index (χ3v) is 4.23. The second-order valence-corrected chi connectivity index (χ2v) is 5.95. The minimum Gasteiger partial charge on any atom is -0.492 e. The van der Waals surface area contributed by atoms with Gasteiger partial charge in [-0.25, -0.2) is 4.79 Å². The van der Waals surface area contributed by atoms with Gasteiger partial charge in [0.1, 0.15) is 12.3 Å². The van der Waals surface area contributed by atoms with Gasteiger partial charge >= 0.3 is 5.69 Å². The zero-order chi connectivity index (χ0) is 17.3. The second-order valence-electron chi connectivity index (χ2n) is 5.54. The number of amides is 1. The summed E-state index contributed by atoms with van der Waals surface area (Å²) in [6.45, 7) is 0.279. The number of carbonyl (C=O) groups is 1. The van der Waals surface area contributed by atoms with Gasteiger partial charge in [-0.2, -0.15) is 0 Å². The first-order valence-corrected chi connectivity index (χ1v) is 7.82. The van der Waals surface area contributed by atoms with Crippen LogP contribution in [-0.2, 0) is 18.4 Å². The van der Waals surface area contributed by atoms with Gasteiger partial charge in [0, 0.05) is 31.3 Å². The summed E-state index contributed by atoms with van der Waals surface area (Å²) in [5, 5.41) is 3.39. The molecule has 2 aromatic rings. The molecule has 2 heterocycles. The van der Waals surface area contributed by atoms with Crippen LogP contribution < -0.4 is 21.3 Å². The molecule has 0 saturated heterocycles. The van der Waals surface area contributed by atoms with Crippen molar-refractivity contribution >= 4 is 17.5 Å². The molecule has 0 fully saturated rings. The van der Waals surface area contributed by atoms with Crippen LogP contribution in [0.1, 0.15) is 18.0 Å². The lowest BCUT2D eigenvalue weighted by molar-refractivity contribution is -0.122. The zero-order valence-electron chi connectivity index (χ0n) is 13.0. The minimum atomic E-state index is -0.534. The summed E-state index contributed by atoms with van der Waals surface area (Å²) < 4.78 is 7.70. The highest BCUT2D eigenvalue weighted by atomic mass is 35.5. The van der Waals surface area contributed by atoms with Gasteiger partial charge in [0.2, 0.25) is 5.91 Å². The molecule has 1 atom stereocenters. The van der Waals surface area contributed by atoms with Gasteiger partial charge in [0.05, 0.1) is 17.7 Å².